The number of rotatable bonds is 9. The molecular formula is C106H78N6S4. The lowest BCUT2D eigenvalue weighted by atomic mass is 9.70. The van der Waals surface area contributed by atoms with Gasteiger partial charge in [-0.05, 0) is 236 Å². The van der Waals surface area contributed by atoms with Crippen LogP contribution >= 0.6 is 45.3 Å². The summed E-state index contributed by atoms with van der Waals surface area (Å²) in [6.45, 7) is 19.2. The molecule has 0 fully saturated rings. The van der Waals surface area contributed by atoms with E-state index in [-0.39, 0.29) is 21.7 Å². The molecule has 24 rings (SSSR count). The highest BCUT2D eigenvalue weighted by Gasteiger charge is 2.44. The van der Waals surface area contributed by atoms with Crippen molar-refractivity contribution in [2.75, 3.05) is 19.6 Å². The molecule has 0 bridgehead atoms. The zero-order chi connectivity index (χ0) is 77.6. The Morgan fingerprint density at radius 2 is 0.724 bits per heavy atom. The van der Waals surface area contributed by atoms with Gasteiger partial charge in [0.2, 0.25) is 0 Å². The minimum absolute atomic E-state index is 0.119. The number of hydrogen-bond donors (Lipinski definition) is 0. The number of benzene rings is 13. The number of allylic oxidation sites excluding steroid dienone is 4. The van der Waals surface area contributed by atoms with Crippen LogP contribution in [0.25, 0.3) is 115 Å². The van der Waals surface area contributed by atoms with E-state index in [0.29, 0.717) is 0 Å². The third-order valence-corrected chi connectivity index (χ3v) is 30.7. The Morgan fingerprint density at radius 1 is 0.302 bits per heavy atom. The van der Waals surface area contributed by atoms with Crippen molar-refractivity contribution < 1.29 is 0 Å². The summed E-state index contributed by atoms with van der Waals surface area (Å²) in [5, 5.41) is 4.75. The highest BCUT2D eigenvalue weighted by atomic mass is 32.1. The van der Waals surface area contributed by atoms with Gasteiger partial charge in [0, 0.05) is 96.1 Å². The topological polar surface area (TPSA) is 38.7 Å². The first-order valence-electron chi connectivity index (χ1n) is 40.5. The molecule has 0 unspecified atom stereocenters. The number of pyridine rings is 2. The molecule has 13 aromatic carbocycles. The van der Waals surface area contributed by atoms with Crippen molar-refractivity contribution in [1.29, 1.82) is 0 Å². The Balaban J connectivity index is 0.561. The van der Waals surface area contributed by atoms with E-state index >= 15 is 0 Å². The summed E-state index contributed by atoms with van der Waals surface area (Å²) in [4.78, 5) is 21.3. The van der Waals surface area contributed by atoms with Gasteiger partial charge in [0.15, 0.2) is 0 Å². The summed E-state index contributed by atoms with van der Waals surface area (Å²) in [6, 6.07) is 108. The van der Waals surface area contributed by atoms with Gasteiger partial charge in [-0.15, -0.1) is 45.3 Å². The minimum Gasteiger partial charge on any atom is -0.314 e. The van der Waals surface area contributed by atoms with Gasteiger partial charge in [-0.25, -0.2) is 9.97 Å². The highest BCUT2D eigenvalue weighted by molar-refractivity contribution is 7.28. The molecule has 10 heteroatoms. The van der Waals surface area contributed by atoms with Crippen LogP contribution in [0.15, 0.2) is 309 Å². The smallest absolute Gasteiger partial charge is 0.0897 e. The molecule has 0 saturated carbocycles. The predicted molar refractivity (Wildman–Crippen MR) is 497 cm³/mol. The number of nitrogens with zero attached hydrogens (tertiary/aromatic N) is 6. The maximum Gasteiger partial charge on any atom is 0.0897 e. The van der Waals surface area contributed by atoms with Gasteiger partial charge in [-0.3, -0.25) is 0 Å². The molecule has 6 nitrogen and oxygen atoms in total. The molecule has 0 N–H and O–H groups in total. The Morgan fingerprint density at radius 3 is 1.28 bits per heavy atom. The van der Waals surface area contributed by atoms with Crippen LogP contribution in [-0.2, 0) is 21.7 Å². The lowest BCUT2D eigenvalue weighted by molar-refractivity contribution is 0.632. The van der Waals surface area contributed by atoms with Crippen LogP contribution in [0.1, 0.15) is 113 Å². The standard InChI is InChI=1S/C106H78N6S4/c1-103(2)78-35-17-20-38-82(78)111(83-39-21-18-36-79(83)103)66-47-52-75-90(57-66)115-94-60-95-102(108-101(75)94)76-53-48-67(58-91(76)116-95)112-84-40-22-19-37-80(84)105(5,6)96-68(31-23-43-87(96)112)61-44-49-70-72-33-25-42-86(98(72)106(7,8)81(70)54-61)110(63-28-13-10-14-29-63)65-46-51-74-89(56-65)114-93-59-92-99(107-100(74)93)73-50-45-64(55-88(73)113-92)109(62-26-11-9-12-27-62)85-41-24-32-71-69-30-15-16-34-77(69)104(3,4)97(71)85/h9-13,15-28,30-60H,14,29H2,1-8H3. The van der Waals surface area contributed by atoms with E-state index < -0.39 is 0 Å². The summed E-state index contributed by atoms with van der Waals surface area (Å²) < 4.78 is 9.75. The lowest BCUT2D eigenvalue weighted by Crippen LogP contribution is -2.31. The molecule has 116 heavy (non-hydrogen) atoms. The maximum absolute atomic E-state index is 5.65. The number of hydrogen-bond acceptors (Lipinski definition) is 10. The molecule has 8 heterocycles. The van der Waals surface area contributed by atoms with E-state index in [1.807, 2.05) is 45.3 Å². The Labute approximate surface area is 690 Å². The van der Waals surface area contributed by atoms with Crippen molar-refractivity contribution in [2.45, 2.75) is 89.9 Å². The van der Waals surface area contributed by atoms with Crippen LogP contribution in [0.5, 0.6) is 0 Å². The number of aromatic nitrogens is 2. The number of fused-ring (bicyclic) bond motifs is 22. The van der Waals surface area contributed by atoms with Gasteiger partial charge in [-0.2, -0.15) is 0 Å². The second-order valence-electron chi connectivity index (χ2n) is 34.3. The number of anilines is 11. The van der Waals surface area contributed by atoms with Crippen LogP contribution in [0.2, 0.25) is 0 Å². The third kappa shape index (κ3) is 9.67. The first kappa shape index (κ1) is 68.2. The molecule has 3 aliphatic carbocycles. The first-order chi connectivity index (χ1) is 56.5. The Hall–Kier alpha value is -12.3. The second-order valence-corrected chi connectivity index (χ2v) is 38.6. The van der Waals surface area contributed by atoms with Crippen molar-refractivity contribution in [3.05, 3.63) is 354 Å². The summed E-state index contributed by atoms with van der Waals surface area (Å²) in [6.07, 6.45) is 8.82. The third-order valence-electron chi connectivity index (χ3n) is 26.4. The van der Waals surface area contributed by atoms with Crippen molar-refractivity contribution in [2.24, 2.45) is 0 Å². The first-order valence-corrected chi connectivity index (χ1v) is 43.7. The molecule has 0 radical (unpaired) electrons. The van der Waals surface area contributed by atoms with Crippen LogP contribution < -0.4 is 19.6 Å². The average molecular weight is 1560 g/mol. The van der Waals surface area contributed by atoms with E-state index in [1.54, 1.807) is 0 Å². The SMILES string of the molecule is CC1(C)c2ccccc2N(c2ccc3c(c2)sc2cc4sc5cc(N6c7ccccc7C(C)(C)c7c(-c8ccc9c(c8)C(C)(C)c8c-9cccc8N(C8=CC=CCC8)c8ccc9c(c8)sc8cc%10sc%11cc(N(c%12ccccc%12)c%12cccc%13c%12C(C)(C)c%12ccccc%12-%13)ccc%11c%10nc89)cccc76)ccc5c4nc23)c2ccccc21. The fourth-order valence-electron chi connectivity index (χ4n) is 21.0. The quantitative estimate of drug-likeness (QED) is 0.143. The second kappa shape index (κ2) is 24.6. The normalized spacial score (nSPS) is 15.6. The van der Waals surface area contributed by atoms with Crippen LogP contribution in [0.3, 0.4) is 0 Å². The molecule has 5 aliphatic rings. The summed E-state index contributed by atoms with van der Waals surface area (Å²) in [7, 11) is 0. The van der Waals surface area contributed by atoms with E-state index in [4.69, 9.17) is 9.97 Å². The molecule has 556 valence electrons. The Bertz CT molecular complexity index is 7530. The van der Waals surface area contributed by atoms with Crippen LogP contribution in [-0.4, -0.2) is 9.97 Å². The van der Waals surface area contributed by atoms with Gasteiger partial charge in [0.1, 0.15) is 0 Å². The van der Waals surface area contributed by atoms with Crippen LogP contribution in [0.4, 0.5) is 62.6 Å². The van der Waals surface area contributed by atoms with Crippen molar-refractivity contribution in [1.82, 2.24) is 9.97 Å². The van der Waals surface area contributed by atoms with Crippen molar-refractivity contribution in [3.63, 3.8) is 0 Å². The molecule has 19 aromatic rings. The number of para-hydroxylation sites is 4. The predicted octanol–water partition coefficient (Wildman–Crippen LogP) is 31.3. The van der Waals surface area contributed by atoms with Gasteiger partial charge >= 0.3 is 0 Å². The molecule has 6 aromatic heterocycles. The highest BCUT2D eigenvalue weighted by Crippen LogP contribution is 2.61. The van der Waals surface area contributed by atoms with E-state index in [0.717, 1.165) is 63.3 Å². The zero-order valence-electron chi connectivity index (χ0n) is 65.6. The summed E-state index contributed by atoms with van der Waals surface area (Å²) >= 11 is 7.41. The molecular weight excluding hydrogens is 1490 g/mol. The van der Waals surface area contributed by atoms with Crippen molar-refractivity contribution >= 4 is 189 Å². The largest absolute Gasteiger partial charge is 0.314 e. The van der Waals surface area contributed by atoms with Gasteiger partial charge in [0.05, 0.1) is 75.0 Å². The fourth-order valence-corrected chi connectivity index (χ4v) is 25.6. The van der Waals surface area contributed by atoms with Crippen LogP contribution in [0, 0.1) is 0 Å². The van der Waals surface area contributed by atoms with Gasteiger partial charge in [0.25, 0.3) is 0 Å². The van der Waals surface area contributed by atoms with E-state index in [2.05, 4.69) is 378 Å². The molecule has 0 amide bonds. The number of thiophene rings is 4. The van der Waals surface area contributed by atoms with E-state index in [9.17, 15) is 0 Å². The monoisotopic (exact) mass is 1560 g/mol. The van der Waals surface area contributed by atoms with E-state index in [1.165, 1.54) is 177 Å². The summed E-state index contributed by atoms with van der Waals surface area (Å²) in [5.41, 5.74) is 36.0. The molecule has 0 saturated heterocycles. The lowest BCUT2D eigenvalue weighted by Gasteiger charge is -2.43. The van der Waals surface area contributed by atoms with Gasteiger partial charge in [-0.1, -0.05) is 213 Å². The molecule has 0 atom stereocenters. The molecule has 2 aliphatic heterocycles. The zero-order valence-corrected chi connectivity index (χ0v) is 68.9. The maximum atomic E-state index is 5.65. The van der Waals surface area contributed by atoms with Crippen molar-refractivity contribution in [3.8, 4) is 33.4 Å². The molecule has 0 spiro atoms. The fraction of sp³-hybridized carbons (Fsp3) is 0.132. The average Bonchev–Trinajstić information content (AvgIpc) is 0.856. The van der Waals surface area contributed by atoms with Gasteiger partial charge < -0.3 is 19.6 Å². The summed E-state index contributed by atoms with van der Waals surface area (Å²) in [5.74, 6) is 0. The Kier molecular flexibility index (Phi) is 14.5. The minimum atomic E-state index is -0.360.